The Labute approximate surface area is 77.6 Å². The molecular formula is C8H14ClNO2. The van der Waals surface area contributed by atoms with Crippen LogP contribution in [0, 0.1) is 0 Å². The highest BCUT2D eigenvalue weighted by Crippen LogP contribution is 2.11. The Hall–Kier alpha value is -0.540. The Balaban J connectivity index is 4.24. The second kappa shape index (κ2) is 4.48. The molecule has 0 aromatic rings. The molecule has 0 rings (SSSR count). The van der Waals surface area contributed by atoms with Crippen LogP contribution in [0.3, 0.4) is 0 Å². The molecule has 70 valence electrons. The van der Waals surface area contributed by atoms with Crippen LogP contribution in [0.5, 0.6) is 0 Å². The summed E-state index contributed by atoms with van der Waals surface area (Å²) in [6.45, 7) is 3.83. The van der Waals surface area contributed by atoms with Crippen LogP contribution in [0.15, 0.2) is 11.6 Å². The topological polar surface area (TPSA) is 40.5 Å². The number of carboxylic acids is 1. The molecule has 0 bridgehead atoms. The van der Waals surface area contributed by atoms with Gasteiger partial charge in [-0.15, -0.1) is 0 Å². The Morgan fingerprint density at radius 1 is 1.67 bits per heavy atom. The van der Waals surface area contributed by atoms with Crippen LogP contribution in [-0.4, -0.2) is 35.1 Å². The lowest BCUT2D eigenvalue weighted by Gasteiger charge is -2.30. The number of rotatable bonds is 4. The number of hydrogen-bond acceptors (Lipinski definition) is 2. The van der Waals surface area contributed by atoms with Crippen molar-refractivity contribution < 1.29 is 9.90 Å². The maximum atomic E-state index is 10.7. The predicted octanol–water partition coefficient (Wildman–Crippen LogP) is 1.53. The SMILES string of the molecule is CN(CC=CCl)C(C)(C)C(=O)O. The van der Waals surface area contributed by atoms with Crippen molar-refractivity contribution in [3.63, 3.8) is 0 Å². The zero-order valence-electron chi connectivity index (χ0n) is 7.54. The highest BCUT2D eigenvalue weighted by atomic mass is 35.5. The van der Waals surface area contributed by atoms with E-state index in [1.54, 1.807) is 31.9 Å². The van der Waals surface area contributed by atoms with Crippen molar-refractivity contribution in [2.45, 2.75) is 19.4 Å². The summed E-state index contributed by atoms with van der Waals surface area (Å²) in [5, 5.41) is 8.81. The van der Waals surface area contributed by atoms with Gasteiger partial charge in [-0.2, -0.15) is 0 Å². The minimum Gasteiger partial charge on any atom is -0.480 e. The number of likely N-dealkylation sites (N-methyl/N-ethyl adjacent to an activating group) is 1. The molecule has 0 heterocycles. The van der Waals surface area contributed by atoms with E-state index in [2.05, 4.69) is 0 Å². The summed E-state index contributed by atoms with van der Waals surface area (Å²) in [6.07, 6.45) is 1.70. The summed E-state index contributed by atoms with van der Waals surface area (Å²) in [7, 11) is 1.74. The Bertz CT molecular complexity index is 189. The van der Waals surface area contributed by atoms with E-state index in [0.29, 0.717) is 6.54 Å². The van der Waals surface area contributed by atoms with E-state index in [0.717, 1.165) is 0 Å². The minimum atomic E-state index is -0.851. The standard InChI is InChI=1S/C8H14ClNO2/c1-8(2,7(11)12)10(3)6-4-5-9/h4-5H,6H2,1-3H3,(H,11,12). The molecule has 1 N–H and O–H groups in total. The molecule has 0 saturated carbocycles. The zero-order valence-corrected chi connectivity index (χ0v) is 8.30. The van der Waals surface area contributed by atoms with E-state index < -0.39 is 11.5 Å². The van der Waals surface area contributed by atoms with Crippen molar-refractivity contribution in [1.82, 2.24) is 4.90 Å². The first-order valence-electron chi connectivity index (χ1n) is 3.62. The molecule has 3 nitrogen and oxygen atoms in total. The fourth-order valence-corrected chi connectivity index (χ4v) is 0.669. The van der Waals surface area contributed by atoms with Crippen molar-refractivity contribution >= 4 is 17.6 Å². The summed E-state index contributed by atoms with van der Waals surface area (Å²) in [5.41, 5.74) is 0.533. The Kier molecular flexibility index (Phi) is 4.28. The average Bonchev–Trinajstić information content (AvgIpc) is 1.99. The highest BCUT2D eigenvalue weighted by molar-refractivity contribution is 6.25. The summed E-state index contributed by atoms with van der Waals surface area (Å²) < 4.78 is 0. The van der Waals surface area contributed by atoms with E-state index in [9.17, 15) is 4.79 Å². The summed E-state index contributed by atoms with van der Waals surface area (Å²) >= 11 is 5.32. The molecule has 12 heavy (non-hydrogen) atoms. The third kappa shape index (κ3) is 2.83. The van der Waals surface area contributed by atoms with Gasteiger partial charge in [0.2, 0.25) is 0 Å². The summed E-state index contributed by atoms with van der Waals surface area (Å²) in [6, 6.07) is 0. The van der Waals surface area contributed by atoms with Gasteiger partial charge in [-0.25, -0.2) is 0 Å². The minimum absolute atomic E-state index is 0.531. The molecule has 0 unspecified atom stereocenters. The van der Waals surface area contributed by atoms with Gasteiger partial charge in [-0.05, 0) is 20.9 Å². The average molecular weight is 192 g/mol. The van der Waals surface area contributed by atoms with Gasteiger partial charge in [0.05, 0.1) is 0 Å². The van der Waals surface area contributed by atoms with Crippen LogP contribution in [0.2, 0.25) is 0 Å². The first-order valence-corrected chi connectivity index (χ1v) is 4.06. The van der Waals surface area contributed by atoms with E-state index in [4.69, 9.17) is 16.7 Å². The third-order valence-electron chi connectivity index (χ3n) is 1.95. The lowest BCUT2D eigenvalue weighted by molar-refractivity contribution is -0.148. The molecule has 0 atom stereocenters. The lowest BCUT2D eigenvalue weighted by atomic mass is 10.0. The van der Waals surface area contributed by atoms with Gasteiger partial charge in [-0.1, -0.05) is 17.7 Å². The zero-order chi connectivity index (χ0) is 9.78. The number of carbonyl (C=O) groups is 1. The molecule has 4 heteroatoms. The van der Waals surface area contributed by atoms with Crippen molar-refractivity contribution in [3.05, 3.63) is 11.6 Å². The van der Waals surface area contributed by atoms with Gasteiger partial charge in [0.1, 0.15) is 5.54 Å². The molecule has 0 aliphatic carbocycles. The van der Waals surface area contributed by atoms with E-state index in [1.807, 2.05) is 0 Å². The van der Waals surface area contributed by atoms with E-state index in [-0.39, 0.29) is 0 Å². The third-order valence-corrected chi connectivity index (χ3v) is 2.12. The van der Waals surface area contributed by atoms with Gasteiger partial charge in [0.15, 0.2) is 0 Å². The summed E-state index contributed by atoms with van der Waals surface area (Å²) in [5.74, 6) is -0.840. The smallest absolute Gasteiger partial charge is 0.323 e. The predicted molar refractivity (Wildman–Crippen MR) is 49.3 cm³/mol. The van der Waals surface area contributed by atoms with Crippen LogP contribution in [0.1, 0.15) is 13.8 Å². The molecule has 0 amide bonds. The molecule has 0 aromatic carbocycles. The van der Waals surface area contributed by atoms with Gasteiger partial charge in [0.25, 0.3) is 0 Å². The van der Waals surface area contributed by atoms with Gasteiger partial charge >= 0.3 is 5.97 Å². The van der Waals surface area contributed by atoms with Crippen molar-refractivity contribution in [2.24, 2.45) is 0 Å². The van der Waals surface area contributed by atoms with Crippen LogP contribution in [-0.2, 0) is 4.79 Å². The van der Waals surface area contributed by atoms with Crippen molar-refractivity contribution in [3.8, 4) is 0 Å². The fourth-order valence-electron chi connectivity index (χ4n) is 0.589. The van der Waals surface area contributed by atoms with Crippen LogP contribution >= 0.6 is 11.6 Å². The number of halogens is 1. The van der Waals surface area contributed by atoms with Crippen molar-refractivity contribution in [2.75, 3.05) is 13.6 Å². The first-order chi connectivity index (χ1) is 5.42. The number of aliphatic carboxylic acids is 1. The molecule has 0 radical (unpaired) electrons. The van der Waals surface area contributed by atoms with E-state index >= 15 is 0 Å². The molecule has 0 aromatic heterocycles. The summed E-state index contributed by atoms with van der Waals surface area (Å²) in [4.78, 5) is 12.4. The Morgan fingerprint density at radius 3 is 2.50 bits per heavy atom. The first kappa shape index (κ1) is 11.5. The maximum absolute atomic E-state index is 10.7. The largest absolute Gasteiger partial charge is 0.480 e. The fraction of sp³-hybridized carbons (Fsp3) is 0.625. The normalized spacial score (nSPS) is 12.8. The molecule has 0 spiro atoms. The molecule has 0 aliphatic heterocycles. The Morgan fingerprint density at radius 2 is 2.17 bits per heavy atom. The van der Waals surface area contributed by atoms with Gasteiger partial charge < -0.3 is 5.11 Å². The van der Waals surface area contributed by atoms with Crippen LogP contribution in [0.25, 0.3) is 0 Å². The lowest BCUT2D eigenvalue weighted by Crippen LogP contribution is -2.47. The van der Waals surface area contributed by atoms with Crippen LogP contribution in [0.4, 0.5) is 0 Å². The number of carboxylic acid groups (broad SMARTS) is 1. The van der Waals surface area contributed by atoms with Gasteiger partial charge in [0, 0.05) is 12.1 Å². The maximum Gasteiger partial charge on any atom is 0.323 e. The molecule has 0 saturated heterocycles. The number of hydrogen-bond donors (Lipinski definition) is 1. The van der Waals surface area contributed by atoms with Crippen molar-refractivity contribution in [1.29, 1.82) is 0 Å². The van der Waals surface area contributed by atoms with Crippen LogP contribution < -0.4 is 0 Å². The monoisotopic (exact) mass is 191 g/mol. The number of nitrogens with zero attached hydrogens (tertiary/aromatic N) is 1. The molecular weight excluding hydrogens is 178 g/mol. The second-order valence-corrected chi connectivity index (χ2v) is 3.36. The van der Waals surface area contributed by atoms with E-state index in [1.165, 1.54) is 5.54 Å². The highest BCUT2D eigenvalue weighted by Gasteiger charge is 2.30. The van der Waals surface area contributed by atoms with Gasteiger partial charge in [-0.3, -0.25) is 9.69 Å². The molecule has 0 aliphatic rings. The molecule has 0 fully saturated rings. The second-order valence-electron chi connectivity index (χ2n) is 3.11. The quantitative estimate of drug-likeness (QED) is 0.733.